The molecule has 2 rings (SSSR count). The van der Waals surface area contributed by atoms with Crippen molar-refractivity contribution in [2.75, 3.05) is 38.3 Å². The van der Waals surface area contributed by atoms with Gasteiger partial charge in [-0.1, -0.05) is 56.1 Å². The van der Waals surface area contributed by atoms with Crippen molar-refractivity contribution in [2.45, 2.75) is 71.6 Å². The van der Waals surface area contributed by atoms with Gasteiger partial charge in [-0.05, 0) is 55.5 Å². The smallest absolute Gasteiger partial charge is 0.220 e. The second kappa shape index (κ2) is 18.9. The van der Waals surface area contributed by atoms with Crippen LogP contribution in [-0.2, 0) is 20.9 Å². The molecule has 0 bridgehead atoms. The fourth-order valence-corrected chi connectivity index (χ4v) is 4.09. The van der Waals surface area contributed by atoms with E-state index in [4.69, 9.17) is 31.5 Å². The molecule has 1 amide bonds. The summed E-state index contributed by atoms with van der Waals surface area (Å²) in [6, 6.07) is 15.6. The third-order valence-electron chi connectivity index (χ3n) is 6.45. The molecule has 3 atom stereocenters. The minimum Gasteiger partial charge on any atom is -0.492 e. The first-order valence-corrected chi connectivity index (χ1v) is 14.2. The summed E-state index contributed by atoms with van der Waals surface area (Å²) >= 11 is 6.25. The number of nitrogens with two attached hydrogens (primary N) is 1. The molecule has 3 unspecified atom stereocenters. The lowest BCUT2D eigenvalue weighted by atomic mass is 9.98. The lowest BCUT2D eigenvalue weighted by Gasteiger charge is -2.25. The SMILES string of the molecule is CCOCCCOc1cc(COCC(N)CCCC(=O)NC(CNc2ccccc2)C(C)CC)ccc1Cl. The third-order valence-corrected chi connectivity index (χ3v) is 6.76. The lowest BCUT2D eigenvalue weighted by Crippen LogP contribution is -2.44. The van der Waals surface area contributed by atoms with E-state index in [1.54, 1.807) is 0 Å². The number of benzene rings is 2. The Labute approximate surface area is 233 Å². The van der Waals surface area contributed by atoms with Crippen molar-refractivity contribution in [2.24, 2.45) is 11.7 Å². The molecule has 0 heterocycles. The number of amides is 1. The van der Waals surface area contributed by atoms with Crippen LogP contribution >= 0.6 is 11.6 Å². The topological polar surface area (TPSA) is 94.8 Å². The molecule has 0 aromatic heterocycles. The van der Waals surface area contributed by atoms with Gasteiger partial charge >= 0.3 is 0 Å². The predicted octanol–water partition coefficient (Wildman–Crippen LogP) is 5.80. The van der Waals surface area contributed by atoms with Gasteiger partial charge in [0.1, 0.15) is 5.75 Å². The Morgan fingerprint density at radius 2 is 1.84 bits per heavy atom. The molecule has 0 aliphatic heterocycles. The van der Waals surface area contributed by atoms with E-state index in [1.807, 2.05) is 55.5 Å². The van der Waals surface area contributed by atoms with E-state index < -0.39 is 0 Å². The molecule has 2 aromatic rings. The van der Waals surface area contributed by atoms with Crippen LogP contribution in [0.4, 0.5) is 5.69 Å². The van der Waals surface area contributed by atoms with Gasteiger partial charge in [0, 0.05) is 50.4 Å². The molecule has 0 aliphatic carbocycles. The Bertz CT molecular complexity index is 916. The highest BCUT2D eigenvalue weighted by Crippen LogP contribution is 2.26. The number of carbonyl (C=O) groups is 1. The summed E-state index contributed by atoms with van der Waals surface area (Å²) in [5.74, 6) is 1.09. The van der Waals surface area contributed by atoms with Crippen molar-refractivity contribution >= 4 is 23.2 Å². The molecular formula is C30H46ClN3O4. The zero-order chi connectivity index (χ0) is 27.6. The first kappa shape index (κ1) is 31.9. The lowest BCUT2D eigenvalue weighted by molar-refractivity contribution is -0.122. The predicted molar refractivity (Wildman–Crippen MR) is 156 cm³/mol. The highest BCUT2D eigenvalue weighted by Gasteiger charge is 2.18. The van der Waals surface area contributed by atoms with E-state index in [0.29, 0.717) is 62.7 Å². The minimum absolute atomic E-state index is 0.0632. The van der Waals surface area contributed by atoms with Crippen LogP contribution in [0.15, 0.2) is 48.5 Å². The quantitative estimate of drug-likeness (QED) is 0.181. The van der Waals surface area contributed by atoms with Crippen LogP contribution in [0.5, 0.6) is 5.75 Å². The molecule has 2 aromatic carbocycles. The van der Waals surface area contributed by atoms with Gasteiger partial charge in [-0.3, -0.25) is 4.79 Å². The molecule has 0 spiro atoms. The van der Waals surface area contributed by atoms with Gasteiger partial charge in [-0.2, -0.15) is 0 Å². The summed E-state index contributed by atoms with van der Waals surface area (Å²) in [6.45, 7) is 9.75. The Morgan fingerprint density at radius 1 is 1.05 bits per heavy atom. The van der Waals surface area contributed by atoms with Gasteiger partial charge in [0.25, 0.3) is 0 Å². The van der Waals surface area contributed by atoms with E-state index >= 15 is 0 Å². The molecule has 38 heavy (non-hydrogen) atoms. The number of rotatable bonds is 20. The summed E-state index contributed by atoms with van der Waals surface area (Å²) in [5.41, 5.74) is 8.27. The van der Waals surface area contributed by atoms with E-state index in [1.165, 1.54) is 0 Å². The van der Waals surface area contributed by atoms with Gasteiger partial charge in [0.2, 0.25) is 5.91 Å². The molecule has 7 nitrogen and oxygen atoms in total. The maximum atomic E-state index is 12.6. The molecular weight excluding hydrogens is 502 g/mol. The standard InChI is InChI=1S/C30H46ClN3O4/c1-4-23(3)28(20-33-26-12-7-6-8-13-26)34-30(35)14-9-11-25(32)22-37-21-24-15-16-27(31)29(19-24)38-18-10-17-36-5-2/h6-8,12-13,15-16,19,23,25,28,33H,4-5,9-11,14,17-18,20-22,32H2,1-3H3,(H,34,35). The van der Waals surface area contributed by atoms with Crippen molar-refractivity contribution in [1.82, 2.24) is 5.32 Å². The number of ether oxygens (including phenoxy) is 3. The van der Waals surface area contributed by atoms with Crippen LogP contribution in [0.25, 0.3) is 0 Å². The normalized spacial score (nSPS) is 13.5. The largest absolute Gasteiger partial charge is 0.492 e. The average molecular weight is 548 g/mol. The molecule has 4 N–H and O–H groups in total. The Hall–Kier alpha value is -2.32. The highest BCUT2D eigenvalue weighted by atomic mass is 35.5. The molecule has 0 saturated carbocycles. The van der Waals surface area contributed by atoms with Gasteiger partial charge in [0.15, 0.2) is 0 Å². The Balaban J connectivity index is 1.66. The van der Waals surface area contributed by atoms with Crippen LogP contribution in [-0.4, -0.2) is 51.0 Å². The van der Waals surface area contributed by atoms with Crippen LogP contribution in [0.3, 0.4) is 0 Å². The van der Waals surface area contributed by atoms with Crippen LogP contribution in [0, 0.1) is 5.92 Å². The molecule has 0 saturated heterocycles. The van der Waals surface area contributed by atoms with Gasteiger partial charge < -0.3 is 30.6 Å². The second-order valence-electron chi connectivity index (χ2n) is 9.64. The second-order valence-corrected chi connectivity index (χ2v) is 10.0. The first-order valence-electron chi connectivity index (χ1n) is 13.8. The van der Waals surface area contributed by atoms with E-state index in [0.717, 1.165) is 36.9 Å². The summed E-state index contributed by atoms with van der Waals surface area (Å²) in [6.07, 6.45) is 3.70. The number of nitrogens with one attached hydrogen (secondary N) is 2. The zero-order valence-electron chi connectivity index (χ0n) is 23.2. The van der Waals surface area contributed by atoms with E-state index in [2.05, 4.69) is 24.5 Å². The summed E-state index contributed by atoms with van der Waals surface area (Å²) in [5, 5.41) is 7.21. The maximum absolute atomic E-state index is 12.6. The maximum Gasteiger partial charge on any atom is 0.220 e. The molecule has 0 aliphatic rings. The van der Waals surface area contributed by atoms with Crippen LogP contribution in [0.1, 0.15) is 58.4 Å². The monoisotopic (exact) mass is 547 g/mol. The fraction of sp³-hybridized carbons (Fsp3) is 0.567. The zero-order valence-corrected chi connectivity index (χ0v) is 24.0. The fourth-order valence-electron chi connectivity index (χ4n) is 3.91. The summed E-state index contributed by atoms with van der Waals surface area (Å²) in [7, 11) is 0. The molecule has 8 heteroatoms. The van der Waals surface area contributed by atoms with Crippen LogP contribution in [0.2, 0.25) is 5.02 Å². The summed E-state index contributed by atoms with van der Waals surface area (Å²) < 4.78 is 16.9. The number of hydrogen-bond donors (Lipinski definition) is 3. The molecule has 212 valence electrons. The number of para-hydroxylation sites is 1. The number of carbonyl (C=O) groups excluding carboxylic acids is 1. The molecule has 0 radical (unpaired) electrons. The first-order chi connectivity index (χ1) is 18.4. The Morgan fingerprint density at radius 3 is 2.58 bits per heavy atom. The van der Waals surface area contributed by atoms with Gasteiger partial charge in [-0.15, -0.1) is 0 Å². The number of halogens is 1. The van der Waals surface area contributed by atoms with Crippen molar-refractivity contribution < 1.29 is 19.0 Å². The van der Waals surface area contributed by atoms with Crippen molar-refractivity contribution in [3.8, 4) is 5.75 Å². The highest BCUT2D eigenvalue weighted by molar-refractivity contribution is 6.32. The van der Waals surface area contributed by atoms with Crippen LogP contribution < -0.4 is 21.1 Å². The van der Waals surface area contributed by atoms with E-state index in [-0.39, 0.29) is 18.0 Å². The minimum atomic E-state index is -0.130. The Kier molecular flexibility index (Phi) is 15.8. The average Bonchev–Trinajstić information content (AvgIpc) is 2.92. The van der Waals surface area contributed by atoms with E-state index in [9.17, 15) is 4.79 Å². The van der Waals surface area contributed by atoms with Crippen molar-refractivity contribution in [3.05, 3.63) is 59.1 Å². The number of hydrogen-bond acceptors (Lipinski definition) is 6. The van der Waals surface area contributed by atoms with Crippen molar-refractivity contribution in [1.29, 1.82) is 0 Å². The number of anilines is 1. The van der Waals surface area contributed by atoms with Crippen molar-refractivity contribution in [3.63, 3.8) is 0 Å². The van der Waals surface area contributed by atoms with Gasteiger partial charge in [0.05, 0.1) is 24.8 Å². The third kappa shape index (κ3) is 13.0. The molecule has 0 fully saturated rings. The summed E-state index contributed by atoms with van der Waals surface area (Å²) in [4.78, 5) is 12.6. The van der Waals surface area contributed by atoms with Gasteiger partial charge in [-0.25, -0.2) is 0 Å².